The Balaban J connectivity index is 2.23. The highest BCUT2D eigenvalue weighted by Gasteiger charge is 2.21. The van der Waals surface area contributed by atoms with Gasteiger partial charge in [0.2, 0.25) is 10.0 Å². The molecule has 19 heavy (non-hydrogen) atoms. The number of benzene rings is 1. The fraction of sp³-hybridized carbons (Fsp3) is 0.538. The van der Waals surface area contributed by atoms with Crippen LogP contribution < -0.4 is 15.8 Å². The Kier molecular flexibility index (Phi) is 4.01. The lowest BCUT2D eigenvalue weighted by atomic mass is 9.85. The van der Waals surface area contributed by atoms with Gasteiger partial charge < -0.3 is 10.6 Å². The van der Waals surface area contributed by atoms with E-state index in [9.17, 15) is 8.42 Å². The van der Waals surface area contributed by atoms with Crippen LogP contribution in [0.2, 0.25) is 0 Å². The van der Waals surface area contributed by atoms with E-state index in [4.69, 9.17) is 10.9 Å². The van der Waals surface area contributed by atoms with E-state index < -0.39 is 10.0 Å². The lowest BCUT2D eigenvalue weighted by Gasteiger charge is -2.33. The van der Waals surface area contributed by atoms with Crippen LogP contribution in [0, 0.1) is 5.92 Å². The summed E-state index contributed by atoms with van der Waals surface area (Å²) in [5, 5.41) is 5.10. The monoisotopic (exact) mass is 283 g/mol. The molecule has 1 aliphatic carbocycles. The summed E-state index contributed by atoms with van der Waals surface area (Å²) >= 11 is 0. The van der Waals surface area contributed by atoms with Gasteiger partial charge in [-0.3, -0.25) is 0 Å². The Morgan fingerprint density at radius 2 is 2.05 bits per heavy atom. The summed E-state index contributed by atoms with van der Waals surface area (Å²) in [6.07, 6.45) is 3.85. The summed E-state index contributed by atoms with van der Waals surface area (Å²) in [7, 11) is -3.69. The van der Waals surface area contributed by atoms with Crippen LogP contribution in [0.1, 0.15) is 26.2 Å². The maximum absolute atomic E-state index is 11.3. The molecule has 0 spiro atoms. The minimum absolute atomic E-state index is 0.0634. The summed E-state index contributed by atoms with van der Waals surface area (Å²) in [5.74, 6) is 0.734. The number of nitrogens with zero attached hydrogens (tertiary/aromatic N) is 1. The van der Waals surface area contributed by atoms with Gasteiger partial charge in [-0.25, -0.2) is 13.6 Å². The molecule has 0 aromatic heterocycles. The van der Waals surface area contributed by atoms with Crippen LogP contribution in [0.25, 0.3) is 0 Å². The summed E-state index contributed by atoms with van der Waals surface area (Å²) in [6.45, 7) is 3.91. The fourth-order valence-corrected chi connectivity index (χ4v) is 2.93. The van der Waals surface area contributed by atoms with Gasteiger partial charge in [0.25, 0.3) is 0 Å². The highest BCUT2D eigenvalue weighted by atomic mass is 32.2. The van der Waals surface area contributed by atoms with E-state index in [1.807, 2.05) is 0 Å². The van der Waals surface area contributed by atoms with Gasteiger partial charge in [-0.15, -0.1) is 0 Å². The van der Waals surface area contributed by atoms with Crippen molar-refractivity contribution < 1.29 is 8.42 Å². The van der Waals surface area contributed by atoms with Crippen LogP contribution in [-0.2, 0) is 10.0 Å². The SMILES string of the molecule is CCN(CC1CCC1)c1ccc(S(N)(=O)=O)cc1N. The predicted octanol–water partition coefficient (Wildman–Crippen LogP) is 1.54. The first-order valence-corrected chi connectivity index (χ1v) is 8.13. The Bertz CT molecular complexity index is 553. The summed E-state index contributed by atoms with van der Waals surface area (Å²) < 4.78 is 22.6. The minimum atomic E-state index is -3.69. The average Bonchev–Trinajstić information content (AvgIpc) is 2.28. The quantitative estimate of drug-likeness (QED) is 0.802. The number of sulfonamides is 1. The molecule has 1 saturated carbocycles. The lowest BCUT2D eigenvalue weighted by Crippen LogP contribution is -2.33. The standard InChI is InChI=1S/C13H21N3O2S/c1-2-16(9-10-4-3-5-10)13-7-6-11(8-12(13)14)19(15,17)18/h6-8,10H,2-5,9,14H2,1H3,(H2,15,17,18). The molecule has 0 bridgehead atoms. The van der Waals surface area contributed by atoms with E-state index >= 15 is 0 Å². The number of hydrogen-bond donors (Lipinski definition) is 2. The molecule has 0 radical (unpaired) electrons. The van der Waals surface area contributed by atoms with E-state index in [-0.39, 0.29) is 4.90 Å². The summed E-state index contributed by atoms with van der Waals surface area (Å²) in [6, 6.07) is 4.70. The van der Waals surface area contributed by atoms with E-state index in [2.05, 4.69) is 11.8 Å². The zero-order valence-electron chi connectivity index (χ0n) is 11.2. The molecule has 1 fully saturated rings. The normalized spacial score (nSPS) is 16.1. The molecule has 6 heteroatoms. The molecule has 0 atom stereocenters. The number of nitrogens with two attached hydrogens (primary N) is 2. The van der Waals surface area contributed by atoms with Gasteiger partial charge in [0.05, 0.1) is 16.3 Å². The van der Waals surface area contributed by atoms with Crippen molar-refractivity contribution in [1.82, 2.24) is 0 Å². The maximum Gasteiger partial charge on any atom is 0.238 e. The largest absolute Gasteiger partial charge is 0.397 e. The summed E-state index contributed by atoms with van der Waals surface area (Å²) in [4.78, 5) is 2.26. The molecule has 4 N–H and O–H groups in total. The zero-order valence-corrected chi connectivity index (χ0v) is 12.0. The topological polar surface area (TPSA) is 89.4 Å². The van der Waals surface area contributed by atoms with Gasteiger partial charge in [-0.05, 0) is 43.9 Å². The first kappa shape index (κ1) is 14.1. The maximum atomic E-state index is 11.3. The highest BCUT2D eigenvalue weighted by molar-refractivity contribution is 7.89. The second kappa shape index (κ2) is 5.38. The lowest BCUT2D eigenvalue weighted by molar-refractivity contribution is 0.318. The molecule has 0 unspecified atom stereocenters. The summed E-state index contributed by atoms with van der Waals surface area (Å²) in [5.41, 5.74) is 7.32. The molecule has 1 aromatic carbocycles. The van der Waals surface area contributed by atoms with Crippen molar-refractivity contribution in [3.8, 4) is 0 Å². The molecule has 5 nitrogen and oxygen atoms in total. The smallest absolute Gasteiger partial charge is 0.238 e. The molecule has 2 rings (SSSR count). The predicted molar refractivity (Wildman–Crippen MR) is 77.5 cm³/mol. The first-order chi connectivity index (χ1) is 8.91. The molecule has 106 valence electrons. The van der Waals surface area contributed by atoms with Crippen LogP contribution in [0.15, 0.2) is 23.1 Å². The van der Waals surface area contributed by atoms with Crippen molar-refractivity contribution in [2.75, 3.05) is 23.7 Å². The second-order valence-electron chi connectivity index (χ2n) is 5.10. The van der Waals surface area contributed by atoms with Crippen molar-refractivity contribution >= 4 is 21.4 Å². The zero-order chi connectivity index (χ0) is 14.0. The second-order valence-corrected chi connectivity index (χ2v) is 6.66. The van der Waals surface area contributed by atoms with Crippen molar-refractivity contribution in [3.63, 3.8) is 0 Å². The molecule has 0 amide bonds. The van der Waals surface area contributed by atoms with Gasteiger partial charge in [-0.2, -0.15) is 0 Å². The first-order valence-electron chi connectivity index (χ1n) is 6.59. The number of rotatable bonds is 5. The van der Waals surface area contributed by atoms with Crippen LogP contribution in [0.4, 0.5) is 11.4 Å². The van der Waals surface area contributed by atoms with E-state index in [1.165, 1.54) is 31.4 Å². The molecule has 0 aliphatic heterocycles. The van der Waals surface area contributed by atoms with Gasteiger partial charge in [0.15, 0.2) is 0 Å². The van der Waals surface area contributed by atoms with E-state index in [0.717, 1.165) is 24.7 Å². The van der Waals surface area contributed by atoms with Crippen molar-refractivity contribution in [3.05, 3.63) is 18.2 Å². The van der Waals surface area contributed by atoms with E-state index in [0.29, 0.717) is 5.69 Å². The third-order valence-corrected chi connectivity index (χ3v) is 4.66. The van der Waals surface area contributed by atoms with Crippen LogP contribution in [0.5, 0.6) is 0 Å². The van der Waals surface area contributed by atoms with Crippen LogP contribution >= 0.6 is 0 Å². The number of anilines is 2. The molecule has 0 saturated heterocycles. The number of nitrogen functional groups attached to an aromatic ring is 1. The Hall–Kier alpha value is -1.27. The van der Waals surface area contributed by atoms with Crippen LogP contribution in [-0.4, -0.2) is 21.5 Å². The van der Waals surface area contributed by atoms with Gasteiger partial charge >= 0.3 is 0 Å². The van der Waals surface area contributed by atoms with Gasteiger partial charge in [-0.1, -0.05) is 6.42 Å². The van der Waals surface area contributed by atoms with Crippen molar-refractivity contribution in [2.45, 2.75) is 31.1 Å². The van der Waals surface area contributed by atoms with Crippen LogP contribution in [0.3, 0.4) is 0 Å². The highest BCUT2D eigenvalue weighted by Crippen LogP contribution is 2.31. The van der Waals surface area contributed by atoms with Crippen molar-refractivity contribution in [2.24, 2.45) is 11.1 Å². The van der Waals surface area contributed by atoms with Gasteiger partial charge in [0, 0.05) is 13.1 Å². The third kappa shape index (κ3) is 3.19. The molecule has 0 heterocycles. The molecule has 1 aromatic rings. The Morgan fingerprint density at radius 3 is 2.47 bits per heavy atom. The van der Waals surface area contributed by atoms with Gasteiger partial charge in [0.1, 0.15) is 0 Å². The van der Waals surface area contributed by atoms with Crippen molar-refractivity contribution in [1.29, 1.82) is 0 Å². The molecular formula is C13H21N3O2S. The fourth-order valence-electron chi connectivity index (χ4n) is 2.38. The Morgan fingerprint density at radius 1 is 1.37 bits per heavy atom. The number of hydrogen-bond acceptors (Lipinski definition) is 4. The minimum Gasteiger partial charge on any atom is -0.397 e. The van der Waals surface area contributed by atoms with E-state index in [1.54, 1.807) is 6.07 Å². The Labute approximate surface area is 114 Å². The third-order valence-electron chi connectivity index (χ3n) is 3.75. The number of primary sulfonamides is 1. The molecular weight excluding hydrogens is 262 g/mol. The molecule has 1 aliphatic rings. The average molecular weight is 283 g/mol.